The molecule has 156 valence electrons. The molecule has 0 fully saturated rings. The minimum atomic E-state index is -3.77. The lowest BCUT2D eigenvalue weighted by molar-refractivity contribution is 0.0936. The van der Waals surface area contributed by atoms with Crippen molar-refractivity contribution in [3.8, 4) is 5.75 Å². The van der Waals surface area contributed by atoms with Crippen LogP contribution in [-0.2, 0) is 16.4 Å². The highest BCUT2D eigenvalue weighted by atomic mass is 35.5. The molecule has 0 heterocycles. The van der Waals surface area contributed by atoms with Crippen LogP contribution in [0.15, 0.2) is 41.3 Å². The lowest BCUT2D eigenvalue weighted by Crippen LogP contribution is -2.31. The first-order valence-electron chi connectivity index (χ1n) is 9.59. The number of nitrogens with one attached hydrogen (secondary N) is 1. The number of hydrogen-bond acceptors (Lipinski definition) is 4. The highest BCUT2D eigenvalue weighted by Gasteiger charge is 2.28. The summed E-state index contributed by atoms with van der Waals surface area (Å²) in [5.74, 6) is -0.106. The number of aryl methyl sites for hydroxylation is 1. The van der Waals surface area contributed by atoms with Crippen molar-refractivity contribution >= 4 is 27.5 Å². The molecule has 29 heavy (non-hydrogen) atoms. The van der Waals surface area contributed by atoms with Gasteiger partial charge in [0.15, 0.2) is 0 Å². The van der Waals surface area contributed by atoms with E-state index >= 15 is 0 Å². The normalized spacial score (nSPS) is 16.0. The molecule has 1 aliphatic carbocycles. The molecule has 0 radical (unpaired) electrons. The molecule has 8 heteroatoms. The SMILES string of the molecule is CCN(CC)S(=O)(=O)c1cc(C(=O)NC2CCc3cc(Cl)ccc32)ccc1OC. The van der Waals surface area contributed by atoms with E-state index in [9.17, 15) is 13.2 Å². The molecule has 0 spiro atoms. The standard InChI is InChI=1S/C21H25ClN2O4S/c1-4-24(5-2)29(26,27)20-13-15(7-11-19(20)28-3)21(25)23-18-10-6-14-12-16(22)8-9-17(14)18/h7-9,11-13,18H,4-6,10H2,1-3H3,(H,23,25). The summed E-state index contributed by atoms with van der Waals surface area (Å²) in [7, 11) is -2.35. The van der Waals surface area contributed by atoms with E-state index in [0.29, 0.717) is 18.1 Å². The zero-order valence-corrected chi connectivity index (χ0v) is 18.3. The summed E-state index contributed by atoms with van der Waals surface area (Å²) in [6.07, 6.45) is 1.62. The van der Waals surface area contributed by atoms with Gasteiger partial charge in [-0.05, 0) is 54.3 Å². The molecule has 0 aliphatic heterocycles. The van der Waals surface area contributed by atoms with Crippen LogP contribution in [0.1, 0.15) is 47.8 Å². The van der Waals surface area contributed by atoms with Crippen molar-refractivity contribution < 1.29 is 17.9 Å². The predicted octanol–water partition coefficient (Wildman–Crippen LogP) is 3.80. The fraction of sp³-hybridized carbons (Fsp3) is 0.381. The number of halogens is 1. The monoisotopic (exact) mass is 436 g/mol. The fourth-order valence-electron chi connectivity index (χ4n) is 3.70. The smallest absolute Gasteiger partial charge is 0.251 e. The van der Waals surface area contributed by atoms with Gasteiger partial charge in [0.2, 0.25) is 10.0 Å². The van der Waals surface area contributed by atoms with Crippen molar-refractivity contribution in [3.05, 3.63) is 58.1 Å². The Hall–Kier alpha value is -2.09. The molecule has 1 amide bonds. The number of amides is 1. The molecule has 1 atom stereocenters. The van der Waals surface area contributed by atoms with Gasteiger partial charge in [0.1, 0.15) is 10.6 Å². The van der Waals surface area contributed by atoms with Crippen molar-refractivity contribution in [1.29, 1.82) is 0 Å². The molecule has 1 N–H and O–H groups in total. The van der Waals surface area contributed by atoms with Gasteiger partial charge >= 0.3 is 0 Å². The van der Waals surface area contributed by atoms with E-state index in [1.807, 2.05) is 18.2 Å². The van der Waals surface area contributed by atoms with Crippen LogP contribution in [0.3, 0.4) is 0 Å². The third-order valence-corrected chi connectivity index (χ3v) is 7.54. The Bertz CT molecular complexity index is 1020. The highest BCUT2D eigenvalue weighted by Crippen LogP contribution is 2.33. The molecular formula is C21H25ClN2O4S. The molecule has 1 aliphatic rings. The van der Waals surface area contributed by atoms with Gasteiger partial charge in [0.25, 0.3) is 5.91 Å². The van der Waals surface area contributed by atoms with Crippen LogP contribution in [-0.4, -0.2) is 38.8 Å². The molecule has 0 saturated carbocycles. The molecule has 0 saturated heterocycles. The quantitative estimate of drug-likeness (QED) is 0.716. The average Bonchev–Trinajstić information content (AvgIpc) is 3.09. The van der Waals surface area contributed by atoms with Crippen LogP contribution in [0, 0.1) is 0 Å². The third kappa shape index (κ3) is 4.27. The van der Waals surface area contributed by atoms with E-state index in [0.717, 1.165) is 24.0 Å². The first-order valence-corrected chi connectivity index (χ1v) is 11.4. The Morgan fingerprint density at radius 3 is 2.59 bits per heavy atom. The Morgan fingerprint density at radius 2 is 1.93 bits per heavy atom. The summed E-state index contributed by atoms with van der Waals surface area (Å²) in [6, 6.07) is 10.0. The molecule has 1 unspecified atom stereocenters. The third-order valence-electron chi connectivity index (χ3n) is 5.24. The van der Waals surface area contributed by atoms with Crippen LogP contribution in [0.2, 0.25) is 5.02 Å². The first-order chi connectivity index (χ1) is 13.8. The summed E-state index contributed by atoms with van der Waals surface area (Å²) in [6.45, 7) is 4.21. The zero-order valence-electron chi connectivity index (χ0n) is 16.7. The largest absolute Gasteiger partial charge is 0.495 e. The summed E-state index contributed by atoms with van der Waals surface area (Å²) < 4.78 is 32.6. The Morgan fingerprint density at radius 1 is 1.21 bits per heavy atom. The second-order valence-electron chi connectivity index (χ2n) is 6.86. The molecule has 2 aromatic carbocycles. The maximum atomic E-state index is 13.0. The van der Waals surface area contributed by atoms with Crippen LogP contribution >= 0.6 is 11.6 Å². The van der Waals surface area contributed by atoms with Crippen molar-refractivity contribution in [3.63, 3.8) is 0 Å². The number of sulfonamides is 1. The number of ether oxygens (including phenoxy) is 1. The predicted molar refractivity (Wildman–Crippen MR) is 113 cm³/mol. The number of methoxy groups -OCH3 is 1. The van der Waals surface area contributed by atoms with E-state index in [-0.39, 0.29) is 28.2 Å². The van der Waals surface area contributed by atoms with Gasteiger partial charge in [-0.2, -0.15) is 4.31 Å². The summed E-state index contributed by atoms with van der Waals surface area (Å²) >= 11 is 6.05. The topological polar surface area (TPSA) is 75.7 Å². The minimum Gasteiger partial charge on any atom is -0.495 e. The molecule has 0 aromatic heterocycles. The van der Waals surface area contributed by atoms with Crippen molar-refractivity contribution in [2.45, 2.75) is 37.6 Å². The van der Waals surface area contributed by atoms with Gasteiger partial charge in [0.05, 0.1) is 13.2 Å². The number of carbonyl (C=O) groups is 1. The second kappa shape index (κ2) is 8.73. The van der Waals surface area contributed by atoms with E-state index in [4.69, 9.17) is 16.3 Å². The molecule has 6 nitrogen and oxygen atoms in total. The summed E-state index contributed by atoms with van der Waals surface area (Å²) in [4.78, 5) is 12.9. The first kappa shape index (κ1) is 21.6. The van der Waals surface area contributed by atoms with Crippen LogP contribution in [0.25, 0.3) is 0 Å². The highest BCUT2D eigenvalue weighted by molar-refractivity contribution is 7.89. The molecule has 3 rings (SSSR count). The van der Waals surface area contributed by atoms with E-state index < -0.39 is 10.0 Å². The van der Waals surface area contributed by atoms with Gasteiger partial charge in [0, 0.05) is 23.7 Å². The van der Waals surface area contributed by atoms with Gasteiger partial charge in [-0.1, -0.05) is 31.5 Å². The van der Waals surface area contributed by atoms with Crippen LogP contribution < -0.4 is 10.1 Å². The summed E-state index contributed by atoms with van der Waals surface area (Å²) in [5, 5.41) is 3.69. The number of benzene rings is 2. The number of hydrogen-bond donors (Lipinski definition) is 1. The lowest BCUT2D eigenvalue weighted by atomic mass is 10.1. The Labute approximate surface area is 176 Å². The van der Waals surface area contributed by atoms with E-state index in [1.165, 1.54) is 23.5 Å². The number of carbonyl (C=O) groups excluding carboxylic acids is 1. The Kier molecular flexibility index (Phi) is 6.51. The van der Waals surface area contributed by atoms with Gasteiger partial charge in [-0.25, -0.2) is 8.42 Å². The van der Waals surface area contributed by atoms with E-state index in [2.05, 4.69) is 5.32 Å². The van der Waals surface area contributed by atoms with Gasteiger partial charge < -0.3 is 10.1 Å². The maximum absolute atomic E-state index is 13.0. The number of rotatable bonds is 7. The van der Waals surface area contributed by atoms with Gasteiger partial charge in [-0.15, -0.1) is 0 Å². The van der Waals surface area contributed by atoms with Crippen molar-refractivity contribution in [1.82, 2.24) is 9.62 Å². The molecule has 2 aromatic rings. The van der Waals surface area contributed by atoms with Crippen LogP contribution in [0.4, 0.5) is 0 Å². The van der Waals surface area contributed by atoms with Crippen molar-refractivity contribution in [2.24, 2.45) is 0 Å². The van der Waals surface area contributed by atoms with Gasteiger partial charge in [-0.3, -0.25) is 4.79 Å². The number of fused-ring (bicyclic) bond motifs is 1. The average molecular weight is 437 g/mol. The molecular weight excluding hydrogens is 412 g/mol. The van der Waals surface area contributed by atoms with E-state index in [1.54, 1.807) is 19.9 Å². The molecule has 0 bridgehead atoms. The maximum Gasteiger partial charge on any atom is 0.251 e. The fourth-order valence-corrected chi connectivity index (χ4v) is 5.53. The zero-order chi connectivity index (χ0) is 21.2. The van der Waals surface area contributed by atoms with Crippen molar-refractivity contribution in [2.75, 3.05) is 20.2 Å². The lowest BCUT2D eigenvalue weighted by Gasteiger charge is -2.21. The van der Waals surface area contributed by atoms with Crippen LogP contribution in [0.5, 0.6) is 5.75 Å². The second-order valence-corrected chi connectivity index (χ2v) is 9.21. The summed E-state index contributed by atoms with van der Waals surface area (Å²) in [5.41, 5.74) is 2.45. The minimum absolute atomic E-state index is 0.00467. The Balaban J connectivity index is 1.90. The number of nitrogens with zero attached hydrogens (tertiary/aromatic N) is 1.